The maximum Gasteiger partial charge on any atom is -0.00676 e. The van der Waals surface area contributed by atoms with E-state index in [0.29, 0.717) is 0 Å². The molecule has 0 amide bonds. The minimum atomic E-state index is 0. The summed E-state index contributed by atoms with van der Waals surface area (Å²) in [6.07, 6.45) is 5.64. The summed E-state index contributed by atoms with van der Waals surface area (Å²) < 4.78 is 0. The first-order chi connectivity index (χ1) is 4.41. The number of hydrogen-bond acceptors (Lipinski definition) is 1. The van der Waals surface area contributed by atoms with E-state index < -0.39 is 0 Å². The van der Waals surface area contributed by atoms with E-state index in [4.69, 9.17) is 0 Å². The van der Waals surface area contributed by atoms with Crippen LogP contribution in [0.15, 0.2) is 0 Å². The molecule has 0 aliphatic rings. The van der Waals surface area contributed by atoms with Crippen LogP contribution < -0.4 is 0 Å². The lowest BCUT2D eigenvalue weighted by molar-refractivity contribution is 0.706. The molecule has 10 heavy (non-hydrogen) atoms. The summed E-state index contributed by atoms with van der Waals surface area (Å²) in [6, 6.07) is 0. The minimum Gasteiger partial charge on any atom is -0.162 e. The maximum absolute atomic E-state index is 2.26. The molecule has 0 nitrogen and oxygen atoms in total. The van der Waals surface area contributed by atoms with Gasteiger partial charge in [0, 0.05) is 0 Å². The Bertz CT molecular complexity index is 42.5. The van der Waals surface area contributed by atoms with Crippen molar-refractivity contribution in [2.75, 3.05) is 11.5 Å². The summed E-state index contributed by atoms with van der Waals surface area (Å²) in [5, 5.41) is 0. The molecule has 0 bridgehead atoms. The van der Waals surface area contributed by atoms with Crippen LogP contribution in [-0.2, 0) is 0 Å². The number of hydrogen-bond donors (Lipinski definition) is 0. The van der Waals surface area contributed by atoms with E-state index in [9.17, 15) is 0 Å². The molecule has 0 heterocycles. The third-order valence-corrected chi connectivity index (χ3v) is 2.33. The van der Waals surface area contributed by atoms with Gasteiger partial charge in [0.05, 0.1) is 0 Å². The summed E-state index contributed by atoms with van der Waals surface area (Å²) in [5.74, 6) is 2.66. The number of thioether (sulfide) groups is 1. The van der Waals surface area contributed by atoms with E-state index in [0.717, 1.165) is 0 Å². The van der Waals surface area contributed by atoms with Crippen LogP contribution in [0.4, 0.5) is 0 Å². The van der Waals surface area contributed by atoms with Crippen LogP contribution in [0.1, 0.15) is 39.5 Å². The summed E-state index contributed by atoms with van der Waals surface area (Å²) >= 11 is 2.06. The van der Waals surface area contributed by atoms with Crippen molar-refractivity contribution in [3.05, 3.63) is 0 Å². The molecular formula is C8H22SSi. The van der Waals surface area contributed by atoms with Gasteiger partial charge >= 0.3 is 0 Å². The van der Waals surface area contributed by atoms with Crippen molar-refractivity contribution in [2.24, 2.45) is 0 Å². The minimum absolute atomic E-state index is 0. The Hall–Kier alpha value is 0.567. The molecule has 0 aliphatic heterocycles. The van der Waals surface area contributed by atoms with Gasteiger partial charge in [-0.05, 0) is 28.9 Å². The lowest BCUT2D eigenvalue weighted by atomic mass is 10.2. The average molecular weight is 178 g/mol. The van der Waals surface area contributed by atoms with Gasteiger partial charge in [-0.15, -0.1) is 0 Å². The van der Waals surface area contributed by atoms with Crippen molar-refractivity contribution in [2.45, 2.75) is 39.5 Å². The van der Waals surface area contributed by atoms with Gasteiger partial charge in [-0.25, -0.2) is 0 Å². The Labute approximate surface area is 74.2 Å². The monoisotopic (exact) mass is 178 g/mol. The summed E-state index contributed by atoms with van der Waals surface area (Å²) in [4.78, 5) is 0. The lowest BCUT2D eigenvalue weighted by Crippen LogP contribution is -1.80. The molecule has 0 aliphatic carbocycles. The molecule has 0 saturated carbocycles. The fourth-order valence-electron chi connectivity index (χ4n) is 0.775. The van der Waals surface area contributed by atoms with Crippen molar-refractivity contribution in [3.8, 4) is 0 Å². The molecular weight excluding hydrogens is 156 g/mol. The van der Waals surface area contributed by atoms with E-state index >= 15 is 0 Å². The zero-order valence-corrected chi connectivity index (χ0v) is 7.47. The Morgan fingerprint density at radius 1 is 1.00 bits per heavy atom. The van der Waals surface area contributed by atoms with Crippen molar-refractivity contribution < 1.29 is 0 Å². The molecule has 0 aromatic rings. The molecule has 0 spiro atoms. The Morgan fingerprint density at radius 2 is 1.70 bits per heavy atom. The van der Waals surface area contributed by atoms with Crippen LogP contribution in [-0.4, -0.2) is 22.5 Å². The van der Waals surface area contributed by atoms with Gasteiger partial charge in [0.25, 0.3) is 0 Å². The molecule has 0 saturated heterocycles. The molecule has 0 unspecified atom stereocenters. The van der Waals surface area contributed by atoms with Crippen molar-refractivity contribution in [1.29, 1.82) is 0 Å². The van der Waals surface area contributed by atoms with Gasteiger partial charge in [0.1, 0.15) is 0 Å². The van der Waals surface area contributed by atoms with E-state index in [2.05, 4.69) is 25.6 Å². The smallest absolute Gasteiger partial charge is 0.00676 e. The molecule has 0 radical (unpaired) electrons. The van der Waals surface area contributed by atoms with E-state index in [1.165, 1.54) is 37.2 Å². The average Bonchev–Trinajstić information content (AvgIpc) is 1.89. The second-order valence-corrected chi connectivity index (χ2v) is 3.65. The van der Waals surface area contributed by atoms with Crippen LogP contribution in [0, 0.1) is 0 Å². The molecule has 0 aromatic heterocycles. The third-order valence-electron chi connectivity index (χ3n) is 1.35. The van der Waals surface area contributed by atoms with Gasteiger partial charge in [0.15, 0.2) is 0 Å². The molecule has 0 aromatic carbocycles. The van der Waals surface area contributed by atoms with Crippen LogP contribution in [0.3, 0.4) is 0 Å². The van der Waals surface area contributed by atoms with Gasteiger partial charge in [-0.1, -0.05) is 33.1 Å². The zero-order chi connectivity index (χ0) is 6.95. The zero-order valence-electron chi connectivity index (χ0n) is 6.65. The highest BCUT2D eigenvalue weighted by Crippen LogP contribution is 2.06. The predicted octanol–water partition coefficient (Wildman–Crippen LogP) is 1.87. The summed E-state index contributed by atoms with van der Waals surface area (Å²) in [7, 11) is 0. The fraction of sp³-hybridized carbons (Fsp3) is 1.00. The summed E-state index contributed by atoms with van der Waals surface area (Å²) in [5.41, 5.74) is 0. The van der Waals surface area contributed by atoms with E-state index in [1.54, 1.807) is 0 Å². The molecule has 2 heteroatoms. The third kappa shape index (κ3) is 11.4. The highest BCUT2D eigenvalue weighted by Gasteiger charge is 1.85. The highest BCUT2D eigenvalue weighted by atomic mass is 32.2. The van der Waals surface area contributed by atoms with Crippen LogP contribution in [0.25, 0.3) is 0 Å². The Kier molecular flexibility index (Phi) is 16.2. The first kappa shape index (κ1) is 13.2. The predicted molar refractivity (Wildman–Crippen MR) is 58.5 cm³/mol. The molecule has 0 N–H and O–H groups in total. The number of unbranched alkanes of at least 4 members (excludes halogenated alkanes) is 3. The van der Waals surface area contributed by atoms with Crippen LogP contribution in [0.2, 0.25) is 0 Å². The number of rotatable bonds is 6. The quantitative estimate of drug-likeness (QED) is 0.442. The Balaban J connectivity index is 0. The first-order valence-corrected chi connectivity index (χ1v) is 5.15. The van der Waals surface area contributed by atoms with E-state index in [-0.39, 0.29) is 11.0 Å². The van der Waals surface area contributed by atoms with Gasteiger partial charge in [0.2, 0.25) is 0 Å². The molecule has 0 fully saturated rings. The lowest BCUT2D eigenvalue weighted by Gasteiger charge is -1.96. The Morgan fingerprint density at radius 3 is 2.20 bits per heavy atom. The second kappa shape index (κ2) is 12.3. The standard InChI is InChI=1S/C8H18S.H4Si/c1-3-5-6-7-8-9-4-2;/h3-8H2,1-2H3;1H4. The molecule has 64 valence electrons. The van der Waals surface area contributed by atoms with Crippen molar-refractivity contribution in [3.63, 3.8) is 0 Å². The van der Waals surface area contributed by atoms with Crippen LogP contribution in [0.5, 0.6) is 0 Å². The highest BCUT2D eigenvalue weighted by molar-refractivity contribution is 7.99. The van der Waals surface area contributed by atoms with Gasteiger partial charge < -0.3 is 0 Å². The second-order valence-electron chi connectivity index (χ2n) is 2.26. The fourth-order valence-corrected chi connectivity index (χ4v) is 1.47. The largest absolute Gasteiger partial charge is 0.162 e. The molecule has 0 rings (SSSR count). The van der Waals surface area contributed by atoms with Gasteiger partial charge in [-0.2, -0.15) is 11.8 Å². The summed E-state index contributed by atoms with van der Waals surface area (Å²) in [6.45, 7) is 4.48. The molecule has 0 atom stereocenters. The topological polar surface area (TPSA) is 0 Å². The maximum atomic E-state index is 2.26. The van der Waals surface area contributed by atoms with Crippen molar-refractivity contribution >= 4 is 22.7 Å². The van der Waals surface area contributed by atoms with Gasteiger partial charge in [-0.3, -0.25) is 0 Å². The first-order valence-electron chi connectivity index (χ1n) is 3.99. The van der Waals surface area contributed by atoms with Crippen molar-refractivity contribution in [1.82, 2.24) is 0 Å². The SMILES string of the molecule is CCCCCCSCC.[SiH4]. The van der Waals surface area contributed by atoms with Crippen LogP contribution >= 0.6 is 11.8 Å². The normalized spacial score (nSPS) is 9.00. The van der Waals surface area contributed by atoms with E-state index in [1.807, 2.05) is 0 Å².